The molecule has 0 atom stereocenters. The van der Waals surface area contributed by atoms with E-state index < -0.39 is 10.0 Å². The van der Waals surface area contributed by atoms with E-state index in [0.29, 0.717) is 26.3 Å². The molecule has 8 heteroatoms. The molecule has 1 heterocycles. The van der Waals surface area contributed by atoms with Crippen molar-refractivity contribution in [3.8, 4) is 6.07 Å². The van der Waals surface area contributed by atoms with E-state index >= 15 is 0 Å². The summed E-state index contributed by atoms with van der Waals surface area (Å²) >= 11 is 0. The van der Waals surface area contributed by atoms with Gasteiger partial charge in [-0.3, -0.25) is 4.79 Å². The molecule has 0 aliphatic carbocycles. The van der Waals surface area contributed by atoms with Crippen molar-refractivity contribution in [2.24, 2.45) is 0 Å². The van der Waals surface area contributed by atoms with Gasteiger partial charge in [-0.15, -0.1) is 0 Å². The van der Waals surface area contributed by atoms with Crippen LogP contribution in [0.5, 0.6) is 0 Å². The number of nitrogens with zero attached hydrogens (tertiary/aromatic N) is 3. The second-order valence-corrected chi connectivity index (χ2v) is 6.94. The van der Waals surface area contributed by atoms with Crippen molar-refractivity contribution in [3.63, 3.8) is 0 Å². The molecular formula is C14H17N3O4S. The maximum Gasteiger partial charge on any atom is 0.243 e. The van der Waals surface area contributed by atoms with E-state index in [2.05, 4.69) is 0 Å². The SMILES string of the molecule is CN(CC(=O)N1CCOCC1)S(=O)(=O)c1cccc(C#N)c1. The molecule has 0 spiro atoms. The van der Waals surface area contributed by atoms with Gasteiger partial charge in [-0.1, -0.05) is 6.07 Å². The summed E-state index contributed by atoms with van der Waals surface area (Å²) in [5.74, 6) is -0.259. The summed E-state index contributed by atoms with van der Waals surface area (Å²) in [7, 11) is -2.45. The largest absolute Gasteiger partial charge is 0.378 e. The predicted molar refractivity (Wildman–Crippen MR) is 78.4 cm³/mol. The highest BCUT2D eigenvalue weighted by Gasteiger charge is 2.26. The summed E-state index contributed by atoms with van der Waals surface area (Å²) in [5, 5.41) is 8.85. The summed E-state index contributed by atoms with van der Waals surface area (Å²) < 4.78 is 31.0. The minimum Gasteiger partial charge on any atom is -0.378 e. The first-order valence-corrected chi connectivity index (χ1v) is 8.21. The molecule has 0 N–H and O–H groups in total. The summed E-state index contributed by atoms with van der Waals surface area (Å²) in [6, 6.07) is 7.63. The van der Waals surface area contributed by atoms with Crippen LogP contribution in [0.2, 0.25) is 0 Å². The van der Waals surface area contributed by atoms with E-state index in [9.17, 15) is 13.2 Å². The fourth-order valence-corrected chi connectivity index (χ4v) is 3.26. The third-order valence-corrected chi connectivity index (χ3v) is 5.19. The van der Waals surface area contributed by atoms with Gasteiger partial charge < -0.3 is 9.64 Å². The second kappa shape index (κ2) is 6.87. The number of likely N-dealkylation sites (N-methyl/N-ethyl adjacent to an activating group) is 1. The number of ether oxygens (including phenoxy) is 1. The molecule has 0 bridgehead atoms. The molecule has 1 aliphatic rings. The van der Waals surface area contributed by atoms with Crippen LogP contribution in [0.4, 0.5) is 0 Å². The second-order valence-electron chi connectivity index (χ2n) is 4.89. The molecule has 1 fully saturated rings. The molecule has 1 aliphatic heterocycles. The van der Waals surface area contributed by atoms with E-state index in [1.165, 1.54) is 31.3 Å². The van der Waals surface area contributed by atoms with Gasteiger partial charge in [0.05, 0.1) is 36.3 Å². The van der Waals surface area contributed by atoms with E-state index in [1.54, 1.807) is 4.90 Å². The van der Waals surface area contributed by atoms with Gasteiger partial charge >= 0.3 is 0 Å². The lowest BCUT2D eigenvalue weighted by Gasteiger charge is -2.28. The lowest BCUT2D eigenvalue weighted by molar-refractivity contribution is -0.135. The Kier molecular flexibility index (Phi) is 5.13. The summed E-state index contributed by atoms with van der Waals surface area (Å²) in [5.41, 5.74) is 0.258. The molecule has 7 nitrogen and oxygen atoms in total. The number of benzene rings is 1. The van der Waals surface area contributed by atoms with Crippen molar-refractivity contribution >= 4 is 15.9 Å². The zero-order valence-electron chi connectivity index (χ0n) is 12.2. The lowest BCUT2D eigenvalue weighted by atomic mass is 10.2. The molecule has 2 rings (SSSR count). The Morgan fingerprint density at radius 2 is 2.09 bits per heavy atom. The van der Waals surface area contributed by atoms with Gasteiger partial charge in [0.25, 0.3) is 0 Å². The van der Waals surface area contributed by atoms with Gasteiger partial charge in [0, 0.05) is 20.1 Å². The van der Waals surface area contributed by atoms with Crippen LogP contribution in [0.1, 0.15) is 5.56 Å². The third kappa shape index (κ3) is 3.62. The van der Waals surface area contributed by atoms with Gasteiger partial charge in [0.15, 0.2) is 0 Å². The van der Waals surface area contributed by atoms with E-state index in [-0.39, 0.29) is 22.9 Å². The van der Waals surface area contributed by atoms with Crippen LogP contribution < -0.4 is 0 Å². The van der Waals surface area contributed by atoms with Crippen molar-refractivity contribution in [2.75, 3.05) is 39.9 Å². The average Bonchev–Trinajstić information content (AvgIpc) is 2.55. The maximum atomic E-state index is 12.4. The quantitative estimate of drug-likeness (QED) is 0.780. The van der Waals surface area contributed by atoms with Crippen LogP contribution in [-0.2, 0) is 19.6 Å². The molecule has 0 unspecified atom stereocenters. The van der Waals surface area contributed by atoms with E-state index in [0.717, 1.165) is 4.31 Å². The van der Waals surface area contributed by atoms with Gasteiger partial charge in [-0.05, 0) is 18.2 Å². The Hall–Kier alpha value is -1.95. The normalized spacial score (nSPS) is 15.6. The van der Waals surface area contributed by atoms with Crippen LogP contribution in [0.25, 0.3) is 0 Å². The Morgan fingerprint density at radius 3 is 2.73 bits per heavy atom. The number of morpholine rings is 1. The highest BCUT2D eigenvalue weighted by atomic mass is 32.2. The van der Waals surface area contributed by atoms with Crippen LogP contribution in [0.3, 0.4) is 0 Å². The van der Waals surface area contributed by atoms with Crippen molar-refractivity contribution < 1.29 is 17.9 Å². The molecule has 22 heavy (non-hydrogen) atoms. The molecule has 1 saturated heterocycles. The number of nitriles is 1. The van der Waals surface area contributed by atoms with Gasteiger partial charge in [0.1, 0.15) is 0 Å². The zero-order valence-corrected chi connectivity index (χ0v) is 13.0. The zero-order chi connectivity index (χ0) is 16.2. The maximum absolute atomic E-state index is 12.4. The van der Waals surface area contributed by atoms with Gasteiger partial charge in [0.2, 0.25) is 15.9 Å². The Balaban J connectivity index is 2.11. The number of hydrogen-bond donors (Lipinski definition) is 0. The van der Waals surface area contributed by atoms with Gasteiger partial charge in [-0.2, -0.15) is 9.57 Å². The van der Waals surface area contributed by atoms with Crippen LogP contribution in [-0.4, -0.2) is 63.4 Å². The summed E-state index contributed by atoms with van der Waals surface area (Å²) in [6.07, 6.45) is 0. The molecular weight excluding hydrogens is 306 g/mol. The van der Waals surface area contributed by atoms with Crippen molar-refractivity contribution in [1.82, 2.24) is 9.21 Å². The summed E-state index contributed by atoms with van der Waals surface area (Å²) in [6.45, 7) is 1.63. The summed E-state index contributed by atoms with van der Waals surface area (Å²) in [4.78, 5) is 13.7. The fraction of sp³-hybridized carbons (Fsp3) is 0.429. The minimum absolute atomic E-state index is 0.00354. The van der Waals surface area contributed by atoms with E-state index in [4.69, 9.17) is 10.00 Å². The number of amides is 1. The Bertz CT molecular complexity index is 690. The molecule has 1 amide bonds. The van der Waals surface area contributed by atoms with E-state index in [1.807, 2.05) is 6.07 Å². The monoisotopic (exact) mass is 323 g/mol. The van der Waals surface area contributed by atoms with Crippen molar-refractivity contribution in [2.45, 2.75) is 4.90 Å². The van der Waals surface area contributed by atoms with Crippen molar-refractivity contribution in [3.05, 3.63) is 29.8 Å². The molecule has 118 valence electrons. The Morgan fingerprint density at radius 1 is 1.41 bits per heavy atom. The van der Waals surface area contributed by atoms with Crippen LogP contribution in [0, 0.1) is 11.3 Å². The molecule has 1 aromatic rings. The topological polar surface area (TPSA) is 90.7 Å². The first kappa shape index (κ1) is 16.4. The standard InChI is InChI=1S/C14H17N3O4S/c1-16(11-14(18)17-5-7-21-8-6-17)22(19,20)13-4-2-3-12(9-13)10-15/h2-4,9H,5-8,11H2,1H3. The Labute approximate surface area is 129 Å². The van der Waals surface area contributed by atoms with Crippen molar-refractivity contribution in [1.29, 1.82) is 5.26 Å². The smallest absolute Gasteiger partial charge is 0.243 e. The number of hydrogen-bond acceptors (Lipinski definition) is 5. The fourth-order valence-electron chi connectivity index (χ4n) is 2.09. The lowest BCUT2D eigenvalue weighted by Crippen LogP contribution is -2.46. The molecule has 0 radical (unpaired) electrons. The highest BCUT2D eigenvalue weighted by molar-refractivity contribution is 7.89. The number of carbonyl (C=O) groups is 1. The number of rotatable bonds is 4. The average molecular weight is 323 g/mol. The minimum atomic E-state index is -3.80. The predicted octanol–water partition coefficient (Wildman–Crippen LogP) is 0.0376. The number of carbonyl (C=O) groups excluding carboxylic acids is 1. The number of sulfonamides is 1. The molecule has 0 aromatic heterocycles. The first-order valence-electron chi connectivity index (χ1n) is 6.77. The van der Waals surface area contributed by atoms with Gasteiger partial charge in [-0.25, -0.2) is 8.42 Å². The molecule has 0 saturated carbocycles. The molecule has 1 aromatic carbocycles. The van der Waals surface area contributed by atoms with Crippen LogP contribution >= 0.6 is 0 Å². The third-order valence-electron chi connectivity index (χ3n) is 3.39. The first-order chi connectivity index (χ1) is 10.4. The van der Waals surface area contributed by atoms with Crippen LogP contribution in [0.15, 0.2) is 29.2 Å². The highest BCUT2D eigenvalue weighted by Crippen LogP contribution is 2.16.